The number of nitrogens with zero attached hydrogens (tertiary/aromatic N) is 1. The summed E-state index contributed by atoms with van der Waals surface area (Å²) in [5.41, 5.74) is 0.879. The van der Waals surface area contributed by atoms with Crippen LogP contribution in [0.4, 0.5) is 0 Å². The van der Waals surface area contributed by atoms with E-state index in [1.54, 1.807) is 17.8 Å². The molecule has 1 atom stereocenters. The van der Waals surface area contributed by atoms with Gasteiger partial charge in [0.15, 0.2) is 0 Å². The molecule has 2 heterocycles. The Bertz CT molecular complexity index is 635. The summed E-state index contributed by atoms with van der Waals surface area (Å²) in [6, 6.07) is 11.8. The number of rotatable bonds is 4. The average Bonchev–Trinajstić information content (AvgIpc) is 2.54. The maximum Gasteiger partial charge on any atom is 0.251 e. The summed E-state index contributed by atoms with van der Waals surface area (Å²) in [5, 5.41) is 3.37. The molecule has 110 valence electrons. The summed E-state index contributed by atoms with van der Waals surface area (Å²) in [7, 11) is 0. The minimum atomic E-state index is -0.0470. The van der Waals surface area contributed by atoms with Crippen molar-refractivity contribution in [2.24, 2.45) is 0 Å². The zero-order valence-corrected chi connectivity index (χ0v) is 12.7. The molecule has 0 bridgehead atoms. The number of thioether (sulfide) groups is 1. The van der Waals surface area contributed by atoms with Crippen molar-refractivity contribution >= 4 is 11.8 Å². The molecule has 3 rings (SSSR count). The van der Waals surface area contributed by atoms with Crippen LogP contribution in [0, 0.1) is 0 Å². The molecule has 5 heteroatoms. The van der Waals surface area contributed by atoms with Crippen molar-refractivity contribution in [2.75, 3.05) is 13.1 Å². The van der Waals surface area contributed by atoms with Crippen LogP contribution in [0.5, 0.6) is 0 Å². The SMILES string of the molecule is O=c1cc(C2CCCNC2)nc(CSc2ccccc2)[nH]1. The van der Waals surface area contributed by atoms with Crippen molar-refractivity contribution < 1.29 is 0 Å². The second-order valence-electron chi connectivity index (χ2n) is 5.26. The molecule has 21 heavy (non-hydrogen) atoms. The Balaban J connectivity index is 1.73. The molecule has 1 aromatic carbocycles. The lowest BCUT2D eigenvalue weighted by Gasteiger charge is -2.22. The van der Waals surface area contributed by atoms with Crippen LogP contribution in [-0.4, -0.2) is 23.1 Å². The number of nitrogens with one attached hydrogen (secondary N) is 2. The Kier molecular flexibility index (Phi) is 4.72. The lowest BCUT2D eigenvalue weighted by atomic mass is 9.96. The van der Waals surface area contributed by atoms with E-state index in [2.05, 4.69) is 27.4 Å². The first kappa shape index (κ1) is 14.4. The molecule has 2 aromatic rings. The molecule has 0 spiro atoms. The summed E-state index contributed by atoms with van der Waals surface area (Å²) >= 11 is 1.69. The van der Waals surface area contributed by atoms with E-state index >= 15 is 0 Å². The summed E-state index contributed by atoms with van der Waals surface area (Å²) < 4.78 is 0. The van der Waals surface area contributed by atoms with Gasteiger partial charge in [-0.3, -0.25) is 4.79 Å². The van der Waals surface area contributed by atoms with Crippen molar-refractivity contribution in [3.05, 3.63) is 58.3 Å². The molecule has 1 fully saturated rings. The van der Waals surface area contributed by atoms with Crippen LogP contribution in [0.3, 0.4) is 0 Å². The monoisotopic (exact) mass is 301 g/mol. The first-order valence-electron chi connectivity index (χ1n) is 7.30. The number of aromatic nitrogens is 2. The summed E-state index contributed by atoms with van der Waals surface area (Å²) in [6.45, 7) is 1.98. The maximum atomic E-state index is 11.8. The topological polar surface area (TPSA) is 57.8 Å². The number of hydrogen-bond donors (Lipinski definition) is 2. The van der Waals surface area contributed by atoms with Crippen LogP contribution in [-0.2, 0) is 5.75 Å². The molecular weight excluding hydrogens is 282 g/mol. The third kappa shape index (κ3) is 3.95. The molecule has 2 N–H and O–H groups in total. The van der Waals surface area contributed by atoms with Gasteiger partial charge in [-0.05, 0) is 31.5 Å². The fourth-order valence-electron chi connectivity index (χ4n) is 2.58. The fourth-order valence-corrected chi connectivity index (χ4v) is 3.37. The van der Waals surface area contributed by atoms with E-state index in [4.69, 9.17) is 0 Å². The Morgan fingerprint density at radius 3 is 2.90 bits per heavy atom. The van der Waals surface area contributed by atoms with Gasteiger partial charge in [0, 0.05) is 23.4 Å². The number of hydrogen-bond acceptors (Lipinski definition) is 4. The second kappa shape index (κ2) is 6.91. The number of aromatic amines is 1. The molecular formula is C16H19N3OS. The fraction of sp³-hybridized carbons (Fsp3) is 0.375. The highest BCUT2D eigenvalue weighted by molar-refractivity contribution is 7.98. The van der Waals surface area contributed by atoms with Gasteiger partial charge in [-0.2, -0.15) is 0 Å². The second-order valence-corrected chi connectivity index (χ2v) is 6.31. The largest absolute Gasteiger partial charge is 0.316 e. The van der Waals surface area contributed by atoms with E-state index in [0.717, 1.165) is 37.4 Å². The van der Waals surface area contributed by atoms with Gasteiger partial charge in [0.05, 0.1) is 11.4 Å². The van der Waals surface area contributed by atoms with E-state index in [1.807, 2.05) is 18.2 Å². The molecule has 1 aliphatic rings. The summed E-state index contributed by atoms with van der Waals surface area (Å²) in [4.78, 5) is 20.5. The number of piperidine rings is 1. The predicted molar refractivity (Wildman–Crippen MR) is 85.7 cm³/mol. The minimum absolute atomic E-state index is 0.0470. The van der Waals surface area contributed by atoms with Crippen molar-refractivity contribution in [2.45, 2.75) is 29.4 Å². The van der Waals surface area contributed by atoms with Crippen LogP contribution in [0.2, 0.25) is 0 Å². The average molecular weight is 301 g/mol. The quantitative estimate of drug-likeness (QED) is 0.852. The lowest BCUT2D eigenvalue weighted by Crippen LogP contribution is -2.30. The third-order valence-electron chi connectivity index (χ3n) is 3.64. The first-order chi connectivity index (χ1) is 10.3. The van der Waals surface area contributed by atoms with Crippen LogP contribution < -0.4 is 10.9 Å². The van der Waals surface area contributed by atoms with Gasteiger partial charge in [-0.15, -0.1) is 11.8 Å². The summed E-state index contributed by atoms with van der Waals surface area (Å²) in [6.07, 6.45) is 2.25. The maximum absolute atomic E-state index is 11.8. The van der Waals surface area contributed by atoms with E-state index in [9.17, 15) is 4.79 Å². The molecule has 0 saturated carbocycles. The molecule has 0 radical (unpaired) electrons. The van der Waals surface area contributed by atoms with Gasteiger partial charge in [0.2, 0.25) is 0 Å². The van der Waals surface area contributed by atoms with Crippen LogP contribution >= 0.6 is 11.8 Å². The van der Waals surface area contributed by atoms with Crippen molar-refractivity contribution in [3.63, 3.8) is 0 Å². The van der Waals surface area contributed by atoms with E-state index in [-0.39, 0.29) is 5.56 Å². The Morgan fingerprint density at radius 2 is 2.14 bits per heavy atom. The Morgan fingerprint density at radius 1 is 1.29 bits per heavy atom. The number of benzene rings is 1. The van der Waals surface area contributed by atoms with Gasteiger partial charge in [-0.1, -0.05) is 18.2 Å². The molecule has 0 amide bonds. The normalized spacial score (nSPS) is 18.6. The van der Waals surface area contributed by atoms with Crippen LogP contribution in [0.25, 0.3) is 0 Å². The molecule has 4 nitrogen and oxygen atoms in total. The van der Waals surface area contributed by atoms with Gasteiger partial charge in [0.25, 0.3) is 5.56 Å². The molecule has 1 aliphatic heterocycles. The zero-order chi connectivity index (χ0) is 14.5. The predicted octanol–water partition coefficient (Wildman–Crippen LogP) is 2.53. The van der Waals surface area contributed by atoms with Gasteiger partial charge >= 0.3 is 0 Å². The highest BCUT2D eigenvalue weighted by atomic mass is 32.2. The van der Waals surface area contributed by atoms with E-state index in [0.29, 0.717) is 11.7 Å². The molecule has 1 unspecified atom stereocenters. The molecule has 1 saturated heterocycles. The number of H-pyrrole nitrogens is 1. The van der Waals surface area contributed by atoms with Gasteiger partial charge < -0.3 is 10.3 Å². The van der Waals surface area contributed by atoms with Gasteiger partial charge in [-0.25, -0.2) is 4.98 Å². The van der Waals surface area contributed by atoms with Crippen LogP contribution in [0.15, 0.2) is 46.1 Å². The standard InChI is InChI=1S/C16H19N3OS/c20-16-9-14(12-5-4-8-17-10-12)18-15(19-16)11-21-13-6-2-1-3-7-13/h1-3,6-7,9,12,17H,4-5,8,10-11H2,(H,18,19,20). The molecule has 1 aromatic heterocycles. The van der Waals surface area contributed by atoms with Crippen molar-refractivity contribution in [3.8, 4) is 0 Å². The lowest BCUT2D eigenvalue weighted by molar-refractivity contribution is 0.453. The Labute approximate surface area is 128 Å². The van der Waals surface area contributed by atoms with Gasteiger partial charge in [0.1, 0.15) is 5.82 Å². The van der Waals surface area contributed by atoms with E-state index < -0.39 is 0 Å². The highest BCUT2D eigenvalue weighted by Crippen LogP contribution is 2.23. The Hall–Kier alpha value is -1.59. The van der Waals surface area contributed by atoms with Crippen LogP contribution in [0.1, 0.15) is 30.3 Å². The van der Waals surface area contributed by atoms with Crippen molar-refractivity contribution in [1.82, 2.24) is 15.3 Å². The molecule has 0 aliphatic carbocycles. The highest BCUT2D eigenvalue weighted by Gasteiger charge is 2.17. The zero-order valence-electron chi connectivity index (χ0n) is 11.8. The van der Waals surface area contributed by atoms with Crippen molar-refractivity contribution in [1.29, 1.82) is 0 Å². The smallest absolute Gasteiger partial charge is 0.251 e. The first-order valence-corrected chi connectivity index (χ1v) is 8.28. The third-order valence-corrected chi connectivity index (χ3v) is 4.67. The minimum Gasteiger partial charge on any atom is -0.316 e. The summed E-state index contributed by atoms with van der Waals surface area (Å²) in [5.74, 6) is 1.81. The van der Waals surface area contributed by atoms with E-state index in [1.165, 1.54) is 4.90 Å².